The molecule has 9 heteroatoms. The smallest absolute Gasteiger partial charge is 0.269 e. The Morgan fingerprint density at radius 2 is 2.04 bits per heavy atom. The highest BCUT2D eigenvalue weighted by Crippen LogP contribution is 2.39. The summed E-state index contributed by atoms with van der Waals surface area (Å²) in [5.74, 6) is -0.225. The Labute approximate surface area is 173 Å². The van der Waals surface area contributed by atoms with Crippen molar-refractivity contribution >= 4 is 46.9 Å². The lowest BCUT2D eigenvalue weighted by Gasteiger charge is -2.39. The summed E-state index contributed by atoms with van der Waals surface area (Å²) >= 11 is 7.81. The van der Waals surface area contributed by atoms with Crippen LogP contribution in [-0.4, -0.2) is 34.9 Å². The summed E-state index contributed by atoms with van der Waals surface area (Å²) in [5.41, 5.74) is 1.67. The zero-order valence-corrected chi connectivity index (χ0v) is 17.4. The third-order valence-corrected chi connectivity index (χ3v) is 6.10. The van der Waals surface area contributed by atoms with Crippen LogP contribution in [0.5, 0.6) is 0 Å². The average Bonchev–Trinajstić information content (AvgIpc) is 2.98. The van der Waals surface area contributed by atoms with Crippen LogP contribution in [0.15, 0.2) is 30.3 Å². The second kappa shape index (κ2) is 9.01. The molecule has 0 aliphatic carbocycles. The van der Waals surface area contributed by atoms with Crippen LogP contribution in [0.3, 0.4) is 0 Å². The number of halogens is 2. The van der Waals surface area contributed by atoms with Crippen LogP contribution in [0.2, 0.25) is 4.34 Å². The maximum Gasteiger partial charge on any atom is 0.269 e. The van der Waals surface area contributed by atoms with E-state index in [1.54, 1.807) is 11.3 Å². The first-order valence-electron chi connectivity index (χ1n) is 8.43. The van der Waals surface area contributed by atoms with Crippen molar-refractivity contribution in [3.63, 3.8) is 0 Å². The molecule has 0 fully saturated rings. The third kappa shape index (κ3) is 4.79. The van der Waals surface area contributed by atoms with Crippen molar-refractivity contribution in [3.05, 3.63) is 60.8 Å². The molecule has 0 unspecified atom stereocenters. The Bertz CT molecular complexity index is 826. The largest absolute Gasteiger partial charge is 0.351 e. The summed E-state index contributed by atoms with van der Waals surface area (Å²) in [6.07, 6.45) is 0.966. The van der Waals surface area contributed by atoms with Gasteiger partial charge in [0.25, 0.3) is 11.6 Å². The first-order chi connectivity index (χ1) is 12.4. The van der Waals surface area contributed by atoms with Gasteiger partial charge in [-0.25, -0.2) is 0 Å². The van der Waals surface area contributed by atoms with E-state index in [2.05, 4.69) is 24.1 Å². The van der Waals surface area contributed by atoms with Crippen LogP contribution in [0.4, 0.5) is 5.69 Å². The van der Waals surface area contributed by atoms with E-state index in [4.69, 9.17) is 11.6 Å². The lowest BCUT2D eigenvalue weighted by atomic mass is 9.96. The van der Waals surface area contributed by atoms with Crippen molar-refractivity contribution in [2.45, 2.75) is 32.4 Å². The molecule has 0 spiro atoms. The fraction of sp³-hybridized carbons (Fsp3) is 0.389. The predicted molar refractivity (Wildman–Crippen MR) is 110 cm³/mol. The Hall–Kier alpha value is -1.67. The van der Waals surface area contributed by atoms with E-state index >= 15 is 0 Å². The van der Waals surface area contributed by atoms with Crippen molar-refractivity contribution in [2.75, 3.05) is 13.1 Å². The summed E-state index contributed by atoms with van der Waals surface area (Å²) in [7, 11) is 0. The molecule has 2 heterocycles. The van der Waals surface area contributed by atoms with Gasteiger partial charge in [-0.2, -0.15) is 0 Å². The van der Waals surface area contributed by atoms with E-state index in [1.807, 2.05) is 6.07 Å². The number of thiophene rings is 1. The molecule has 1 N–H and O–H groups in total. The maximum atomic E-state index is 12.2. The lowest BCUT2D eigenvalue weighted by molar-refractivity contribution is -0.384. The Balaban J connectivity index is 0.00000261. The highest BCUT2D eigenvalue weighted by Gasteiger charge is 2.30. The quantitative estimate of drug-likeness (QED) is 0.561. The number of nitrogens with one attached hydrogen (secondary N) is 1. The van der Waals surface area contributed by atoms with Gasteiger partial charge < -0.3 is 5.32 Å². The van der Waals surface area contributed by atoms with E-state index in [-0.39, 0.29) is 30.0 Å². The number of hydrogen-bond acceptors (Lipinski definition) is 5. The van der Waals surface area contributed by atoms with Gasteiger partial charge >= 0.3 is 0 Å². The van der Waals surface area contributed by atoms with Gasteiger partial charge in [-0.05, 0) is 44.0 Å². The van der Waals surface area contributed by atoms with Gasteiger partial charge in [0.2, 0.25) is 0 Å². The summed E-state index contributed by atoms with van der Waals surface area (Å²) in [4.78, 5) is 26.1. The van der Waals surface area contributed by atoms with Crippen LogP contribution >= 0.6 is 35.3 Å². The predicted octanol–water partition coefficient (Wildman–Crippen LogP) is 4.47. The summed E-state index contributed by atoms with van der Waals surface area (Å²) in [6.45, 7) is 5.59. The van der Waals surface area contributed by atoms with Gasteiger partial charge in [-0.3, -0.25) is 19.8 Å². The first kappa shape index (κ1) is 21.6. The molecule has 0 saturated carbocycles. The summed E-state index contributed by atoms with van der Waals surface area (Å²) in [6, 6.07) is 8.30. The SMILES string of the molecule is C[C@@H]1Cc2sc(Cl)cc2[C@H](C)N1CCNC(=O)c1ccc([N+](=O)[O-])cc1.Cl. The second-order valence-corrected chi connectivity index (χ2v) is 8.22. The molecule has 2 aromatic rings. The van der Waals surface area contributed by atoms with Gasteiger partial charge in [0.1, 0.15) is 0 Å². The molecule has 3 rings (SSSR count). The van der Waals surface area contributed by atoms with Gasteiger partial charge in [0, 0.05) is 47.7 Å². The van der Waals surface area contributed by atoms with E-state index in [1.165, 1.54) is 34.7 Å². The molecule has 146 valence electrons. The highest BCUT2D eigenvalue weighted by atomic mass is 35.5. The fourth-order valence-corrected chi connectivity index (χ4v) is 4.91. The van der Waals surface area contributed by atoms with Gasteiger partial charge in [0.05, 0.1) is 9.26 Å². The van der Waals surface area contributed by atoms with E-state index < -0.39 is 4.92 Å². The number of nitro groups is 1. The minimum absolute atomic E-state index is 0. The fourth-order valence-electron chi connectivity index (χ4n) is 3.42. The highest BCUT2D eigenvalue weighted by molar-refractivity contribution is 7.16. The molecule has 1 aromatic carbocycles. The molecular weight excluding hydrogens is 409 g/mol. The van der Waals surface area contributed by atoms with Gasteiger partial charge in [-0.15, -0.1) is 23.7 Å². The molecular formula is C18H21Cl2N3O3S. The molecule has 1 amide bonds. The molecule has 27 heavy (non-hydrogen) atoms. The van der Waals surface area contributed by atoms with Crippen LogP contribution < -0.4 is 5.32 Å². The Kier molecular flexibility index (Phi) is 7.22. The molecule has 1 aliphatic heterocycles. The Morgan fingerprint density at radius 3 is 2.67 bits per heavy atom. The first-order valence-corrected chi connectivity index (χ1v) is 9.62. The van der Waals surface area contributed by atoms with Crippen LogP contribution in [0, 0.1) is 10.1 Å². The summed E-state index contributed by atoms with van der Waals surface area (Å²) < 4.78 is 0.822. The number of carbonyl (C=O) groups excluding carboxylic acids is 1. The molecule has 6 nitrogen and oxygen atoms in total. The second-order valence-electron chi connectivity index (χ2n) is 6.46. The number of rotatable bonds is 5. The van der Waals surface area contributed by atoms with Crippen LogP contribution in [0.25, 0.3) is 0 Å². The van der Waals surface area contributed by atoms with Crippen LogP contribution in [0.1, 0.15) is 40.7 Å². The van der Waals surface area contributed by atoms with E-state index in [9.17, 15) is 14.9 Å². The number of carbonyl (C=O) groups is 1. The van der Waals surface area contributed by atoms with Gasteiger partial charge in [-0.1, -0.05) is 11.6 Å². The molecule has 0 bridgehead atoms. The lowest BCUT2D eigenvalue weighted by Crippen LogP contribution is -2.44. The number of benzene rings is 1. The normalized spacial score (nSPS) is 19.1. The van der Waals surface area contributed by atoms with Crippen molar-refractivity contribution in [2.24, 2.45) is 0 Å². The van der Waals surface area contributed by atoms with Crippen molar-refractivity contribution in [1.29, 1.82) is 0 Å². The molecule has 1 aromatic heterocycles. The van der Waals surface area contributed by atoms with Crippen LogP contribution in [-0.2, 0) is 6.42 Å². The minimum Gasteiger partial charge on any atom is -0.351 e. The number of amides is 1. The summed E-state index contributed by atoms with van der Waals surface area (Å²) in [5, 5.41) is 13.6. The maximum absolute atomic E-state index is 12.2. The number of nitrogens with zero attached hydrogens (tertiary/aromatic N) is 2. The number of non-ortho nitro benzene ring substituents is 1. The van der Waals surface area contributed by atoms with Gasteiger partial charge in [0.15, 0.2) is 0 Å². The number of hydrogen-bond donors (Lipinski definition) is 1. The van der Waals surface area contributed by atoms with E-state index in [0.29, 0.717) is 18.2 Å². The topological polar surface area (TPSA) is 75.5 Å². The zero-order chi connectivity index (χ0) is 18.8. The van der Waals surface area contributed by atoms with E-state index in [0.717, 1.165) is 17.3 Å². The molecule has 0 radical (unpaired) electrons. The molecule has 2 atom stereocenters. The number of nitro benzene ring substituents is 1. The monoisotopic (exact) mass is 429 g/mol. The van der Waals surface area contributed by atoms with Crippen molar-refractivity contribution in [3.8, 4) is 0 Å². The third-order valence-electron chi connectivity index (χ3n) is 4.80. The number of fused-ring (bicyclic) bond motifs is 1. The van der Waals surface area contributed by atoms with Crippen molar-refractivity contribution < 1.29 is 9.72 Å². The average molecular weight is 430 g/mol. The molecule has 0 saturated heterocycles. The molecule has 1 aliphatic rings. The Morgan fingerprint density at radius 1 is 1.37 bits per heavy atom. The standard InChI is InChI=1S/C18H20ClN3O3S.ClH/c1-11-9-16-15(10-17(19)26-16)12(2)21(11)8-7-20-18(23)13-3-5-14(6-4-13)22(24)25;/h3-6,10-12H,7-9H2,1-2H3,(H,20,23);1H/t11-,12+;/m1./s1. The minimum atomic E-state index is -0.480. The zero-order valence-electron chi connectivity index (χ0n) is 15.0. The van der Waals surface area contributed by atoms with Crippen molar-refractivity contribution in [1.82, 2.24) is 10.2 Å².